The van der Waals surface area contributed by atoms with E-state index in [0.717, 1.165) is 6.42 Å². The van der Waals surface area contributed by atoms with Crippen molar-refractivity contribution in [3.8, 4) is 5.75 Å². The van der Waals surface area contributed by atoms with E-state index in [1.54, 1.807) is 31.2 Å². The third-order valence-corrected chi connectivity index (χ3v) is 6.01. The SMILES string of the molecule is CC(Oc1ccc(Cl)cc1Cl)C(=O)Nc1cccc(S(=O)(=O)NC2=NCCC2)c1. The zero-order valence-electron chi connectivity index (χ0n) is 15.5. The van der Waals surface area contributed by atoms with E-state index in [-0.39, 0.29) is 9.92 Å². The Kier molecular flexibility index (Phi) is 6.66. The Morgan fingerprint density at radius 2 is 2.00 bits per heavy atom. The van der Waals surface area contributed by atoms with Crippen LogP contribution in [0.5, 0.6) is 5.75 Å². The summed E-state index contributed by atoms with van der Waals surface area (Å²) in [5.74, 6) is 0.302. The van der Waals surface area contributed by atoms with Gasteiger partial charge in [0.05, 0.1) is 9.92 Å². The topological polar surface area (TPSA) is 96.9 Å². The van der Waals surface area contributed by atoms with Gasteiger partial charge in [0.25, 0.3) is 15.9 Å². The van der Waals surface area contributed by atoms with Crippen molar-refractivity contribution >= 4 is 50.7 Å². The number of carbonyl (C=O) groups is 1. The summed E-state index contributed by atoms with van der Waals surface area (Å²) in [5.41, 5.74) is 0.323. The number of amidine groups is 1. The lowest BCUT2D eigenvalue weighted by Crippen LogP contribution is -2.31. The molecular weight excluding hydrogens is 437 g/mol. The van der Waals surface area contributed by atoms with Crippen molar-refractivity contribution < 1.29 is 17.9 Å². The zero-order chi connectivity index (χ0) is 21.0. The predicted molar refractivity (Wildman–Crippen MR) is 113 cm³/mol. The van der Waals surface area contributed by atoms with Crippen molar-refractivity contribution in [2.45, 2.75) is 30.8 Å². The number of anilines is 1. The zero-order valence-corrected chi connectivity index (χ0v) is 17.8. The van der Waals surface area contributed by atoms with Crippen LogP contribution in [0.15, 0.2) is 52.4 Å². The summed E-state index contributed by atoms with van der Waals surface area (Å²) in [6.45, 7) is 2.17. The molecule has 0 aromatic heterocycles. The van der Waals surface area contributed by atoms with Crippen LogP contribution in [0.3, 0.4) is 0 Å². The van der Waals surface area contributed by atoms with E-state index in [1.807, 2.05) is 0 Å². The Balaban J connectivity index is 1.68. The fourth-order valence-corrected chi connectivity index (χ4v) is 4.22. The second-order valence-electron chi connectivity index (χ2n) is 6.39. The second-order valence-corrected chi connectivity index (χ2v) is 8.92. The van der Waals surface area contributed by atoms with Gasteiger partial charge in [-0.15, -0.1) is 0 Å². The van der Waals surface area contributed by atoms with Crippen LogP contribution in [-0.4, -0.2) is 32.8 Å². The van der Waals surface area contributed by atoms with Crippen LogP contribution in [0.4, 0.5) is 5.69 Å². The predicted octanol–water partition coefficient (Wildman–Crippen LogP) is 3.87. The summed E-state index contributed by atoms with van der Waals surface area (Å²) in [5, 5.41) is 3.38. The molecule has 7 nitrogen and oxygen atoms in total. The molecule has 1 unspecified atom stereocenters. The highest BCUT2D eigenvalue weighted by atomic mass is 35.5. The van der Waals surface area contributed by atoms with Gasteiger partial charge in [-0.2, -0.15) is 0 Å². The maximum atomic E-state index is 12.5. The number of amides is 1. The summed E-state index contributed by atoms with van der Waals surface area (Å²) in [7, 11) is -3.77. The first kappa shape index (κ1) is 21.4. The maximum Gasteiger partial charge on any atom is 0.265 e. The number of ether oxygens (including phenoxy) is 1. The molecule has 10 heteroatoms. The van der Waals surface area contributed by atoms with E-state index in [9.17, 15) is 13.2 Å². The van der Waals surface area contributed by atoms with E-state index in [1.165, 1.54) is 18.2 Å². The number of benzene rings is 2. The summed E-state index contributed by atoms with van der Waals surface area (Å²) in [6, 6.07) is 10.6. The molecule has 2 aromatic rings. The van der Waals surface area contributed by atoms with Crippen LogP contribution in [-0.2, 0) is 14.8 Å². The van der Waals surface area contributed by atoms with Gasteiger partial charge < -0.3 is 10.1 Å². The first-order chi connectivity index (χ1) is 13.7. The fourth-order valence-electron chi connectivity index (χ4n) is 2.64. The highest BCUT2D eigenvalue weighted by Gasteiger charge is 2.20. The third-order valence-electron chi connectivity index (χ3n) is 4.11. The summed E-state index contributed by atoms with van der Waals surface area (Å²) in [4.78, 5) is 16.6. The van der Waals surface area contributed by atoms with Gasteiger partial charge in [0.15, 0.2) is 6.10 Å². The van der Waals surface area contributed by atoms with Crippen LogP contribution in [0, 0.1) is 0 Å². The standard InChI is InChI=1S/C19H19Cl2N3O4S/c1-12(28-17-8-7-13(20)10-16(17)21)19(25)23-14-4-2-5-15(11-14)29(26,27)24-18-6-3-9-22-18/h2,4-5,7-8,10-12H,3,6,9H2,1H3,(H,22,24)(H,23,25). The molecule has 0 saturated heterocycles. The van der Waals surface area contributed by atoms with Crippen LogP contribution >= 0.6 is 23.2 Å². The molecule has 2 aromatic carbocycles. The molecule has 29 heavy (non-hydrogen) atoms. The number of nitrogens with zero attached hydrogens (tertiary/aromatic N) is 1. The second kappa shape index (κ2) is 9.02. The molecule has 1 atom stereocenters. The van der Waals surface area contributed by atoms with Crippen molar-refractivity contribution in [1.82, 2.24) is 4.72 Å². The van der Waals surface area contributed by atoms with Crippen molar-refractivity contribution in [2.75, 3.05) is 11.9 Å². The highest BCUT2D eigenvalue weighted by molar-refractivity contribution is 7.90. The average molecular weight is 456 g/mol. The first-order valence-corrected chi connectivity index (χ1v) is 11.1. The van der Waals surface area contributed by atoms with E-state index in [0.29, 0.717) is 35.3 Å². The molecule has 3 rings (SSSR count). The fraction of sp³-hybridized carbons (Fsp3) is 0.263. The summed E-state index contributed by atoms with van der Waals surface area (Å²) in [6.07, 6.45) is 0.543. The molecule has 0 bridgehead atoms. The molecule has 0 aliphatic carbocycles. The van der Waals surface area contributed by atoms with E-state index >= 15 is 0 Å². The van der Waals surface area contributed by atoms with Gasteiger partial charge in [-0.1, -0.05) is 29.3 Å². The number of rotatable bonds is 6. The number of nitrogens with one attached hydrogen (secondary N) is 2. The molecule has 0 fully saturated rings. The van der Waals surface area contributed by atoms with Crippen molar-refractivity contribution in [2.24, 2.45) is 4.99 Å². The monoisotopic (exact) mass is 455 g/mol. The molecule has 2 N–H and O–H groups in total. The normalized spacial score (nSPS) is 14.8. The molecule has 1 heterocycles. The minimum absolute atomic E-state index is 0.0271. The van der Waals surface area contributed by atoms with Crippen molar-refractivity contribution in [3.63, 3.8) is 0 Å². The minimum atomic E-state index is -3.77. The van der Waals surface area contributed by atoms with Gasteiger partial charge in [0.2, 0.25) is 0 Å². The minimum Gasteiger partial charge on any atom is -0.479 e. The molecule has 154 valence electrons. The lowest BCUT2D eigenvalue weighted by Gasteiger charge is -2.16. The van der Waals surface area contributed by atoms with Crippen LogP contribution in [0.25, 0.3) is 0 Å². The van der Waals surface area contributed by atoms with Crippen molar-refractivity contribution in [3.05, 3.63) is 52.5 Å². The highest BCUT2D eigenvalue weighted by Crippen LogP contribution is 2.28. The lowest BCUT2D eigenvalue weighted by atomic mass is 10.3. The average Bonchev–Trinajstić information content (AvgIpc) is 3.16. The van der Waals surface area contributed by atoms with E-state index in [4.69, 9.17) is 27.9 Å². The number of halogens is 2. The number of sulfonamides is 1. The molecule has 0 radical (unpaired) electrons. The maximum absolute atomic E-state index is 12.5. The number of carbonyl (C=O) groups excluding carboxylic acids is 1. The number of hydrogen-bond donors (Lipinski definition) is 2. The number of hydrogen-bond acceptors (Lipinski definition) is 5. The van der Waals surface area contributed by atoms with Gasteiger partial charge in [0.1, 0.15) is 11.6 Å². The third kappa shape index (κ3) is 5.62. The van der Waals surface area contributed by atoms with Crippen LogP contribution in [0.2, 0.25) is 10.0 Å². The smallest absolute Gasteiger partial charge is 0.265 e. The Morgan fingerprint density at radius 1 is 1.21 bits per heavy atom. The van der Waals surface area contributed by atoms with E-state index in [2.05, 4.69) is 15.0 Å². The van der Waals surface area contributed by atoms with Crippen LogP contribution in [0.1, 0.15) is 19.8 Å². The van der Waals surface area contributed by atoms with Gasteiger partial charge in [-0.05, 0) is 49.7 Å². The Morgan fingerprint density at radius 3 is 2.69 bits per heavy atom. The van der Waals surface area contributed by atoms with Gasteiger partial charge in [-0.25, -0.2) is 8.42 Å². The van der Waals surface area contributed by atoms with Gasteiger partial charge >= 0.3 is 0 Å². The van der Waals surface area contributed by atoms with Gasteiger partial charge in [-0.3, -0.25) is 14.5 Å². The molecular formula is C19H19Cl2N3O4S. The largest absolute Gasteiger partial charge is 0.479 e. The molecule has 1 aliphatic rings. The molecule has 1 aliphatic heterocycles. The van der Waals surface area contributed by atoms with Crippen molar-refractivity contribution in [1.29, 1.82) is 0 Å². The number of aliphatic imine (C=N–C) groups is 1. The molecule has 1 amide bonds. The first-order valence-electron chi connectivity index (χ1n) is 8.83. The van der Waals surface area contributed by atoms with Gasteiger partial charge in [0, 0.05) is 23.7 Å². The molecule has 0 spiro atoms. The summed E-state index contributed by atoms with van der Waals surface area (Å²) < 4.78 is 33.1. The Labute approximate surface area is 179 Å². The summed E-state index contributed by atoms with van der Waals surface area (Å²) >= 11 is 11.9. The lowest BCUT2D eigenvalue weighted by molar-refractivity contribution is -0.122. The van der Waals surface area contributed by atoms with Crippen LogP contribution < -0.4 is 14.8 Å². The molecule has 0 saturated carbocycles. The van der Waals surface area contributed by atoms with E-state index < -0.39 is 22.0 Å². The quantitative estimate of drug-likeness (QED) is 0.690. The Bertz CT molecular complexity index is 1060. The Hall–Kier alpha value is -2.29.